The first kappa shape index (κ1) is 10.3. The summed E-state index contributed by atoms with van der Waals surface area (Å²) in [4.78, 5) is 4.25. The van der Waals surface area contributed by atoms with Crippen LogP contribution in [0.15, 0.2) is 30.6 Å². The Bertz CT molecular complexity index is 489. The van der Waals surface area contributed by atoms with Gasteiger partial charge in [-0.25, -0.2) is 4.98 Å². The summed E-state index contributed by atoms with van der Waals surface area (Å²) in [6, 6.07) is 6.14. The molecule has 0 aliphatic heterocycles. The van der Waals surface area contributed by atoms with Crippen LogP contribution in [0.25, 0.3) is 0 Å². The molecular formula is C13H15N3O. The molecule has 1 N–H and O–H groups in total. The first-order valence-electron chi connectivity index (χ1n) is 5.86. The highest BCUT2D eigenvalue weighted by Crippen LogP contribution is 2.48. The third-order valence-electron chi connectivity index (χ3n) is 3.53. The normalized spacial score (nSPS) is 23.1. The molecule has 17 heavy (non-hydrogen) atoms. The Morgan fingerprint density at radius 1 is 1.24 bits per heavy atom. The number of H-pyrrole nitrogens is 1. The van der Waals surface area contributed by atoms with Gasteiger partial charge in [0.2, 0.25) is 5.88 Å². The lowest BCUT2D eigenvalue weighted by Crippen LogP contribution is -2.21. The SMILES string of the molecule is COc1ncccc1C1CC(c2ccn[nH]2)C1. The van der Waals surface area contributed by atoms with Gasteiger partial charge in [0, 0.05) is 29.6 Å². The fourth-order valence-corrected chi connectivity index (χ4v) is 2.50. The Hall–Kier alpha value is -1.84. The van der Waals surface area contributed by atoms with Gasteiger partial charge < -0.3 is 4.74 Å². The maximum atomic E-state index is 5.30. The third-order valence-corrected chi connectivity index (χ3v) is 3.53. The lowest BCUT2D eigenvalue weighted by Gasteiger charge is -2.35. The highest BCUT2D eigenvalue weighted by molar-refractivity contribution is 5.33. The van der Waals surface area contributed by atoms with Crippen LogP contribution in [0.3, 0.4) is 0 Å². The van der Waals surface area contributed by atoms with Crippen molar-refractivity contribution in [2.75, 3.05) is 7.11 Å². The highest BCUT2D eigenvalue weighted by Gasteiger charge is 2.34. The van der Waals surface area contributed by atoms with Crippen LogP contribution in [0.4, 0.5) is 0 Å². The molecular weight excluding hydrogens is 214 g/mol. The zero-order chi connectivity index (χ0) is 11.7. The Morgan fingerprint density at radius 2 is 2.12 bits per heavy atom. The molecule has 0 atom stereocenters. The molecule has 0 radical (unpaired) electrons. The maximum absolute atomic E-state index is 5.30. The first-order valence-corrected chi connectivity index (χ1v) is 5.86. The molecule has 2 aromatic heterocycles. The lowest BCUT2D eigenvalue weighted by atomic mass is 9.70. The lowest BCUT2D eigenvalue weighted by molar-refractivity contribution is 0.323. The van der Waals surface area contributed by atoms with Crippen LogP contribution < -0.4 is 4.74 Å². The second-order valence-electron chi connectivity index (χ2n) is 4.48. The number of aromatic amines is 1. The fourth-order valence-electron chi connectivity index (χ4n) is 2.50. The number of nitrogens with zero attached hydrogens (tertiary/aromatic N) is 2. The molecule has 0 spiro atoms. The molecule has 88 valence electrons. The van der Waals surface area contributed by atoms with E-state index in [9.17, 15) is 0 Å². The molecule has 2 heterocycles. The van der Waals surface area contributed by atoms with E-state index >= 15 is 0 Å². The summed E-state index contributed by atoms with van der Waals surface area (Å²) in [5.74, 6) is 1.93. The minimum Gasteiger partial charge on any atom is -0.481 e. The standard InChI is InChI=1S/C13H15N3O/c1-17-13-11(3-2-5-14-13)9-7-10(8-9)12-4-6-15-16-12/h2-6,9-10H,7-8H2,1H3,(H,15,16). The second kappa shape index (κ2) is 4.20. The van der Waals surface area contributed by atoms with Gasteiger partial charge >= 0.3 is 0 Å². The van der Waals surface area contributed by atoms with E-state index in [0.717, 1.165) is 18.7 Å². The van der Waals surface area contributed by atoms with E-state index in [-0.39, 0.29) is 0 Å². The van der Waals surface area contributed by atoms with Crippen LogP contribution in [0, 0.1) is 0 Å². The van der Waals surface area contributed by atoms with Crippen LogP contribution >= 0.6 is 0 Å². The molecule has 1 saturated carbocycles. The summed E-state index contributed by atoms with van der Waals surface area (Å²) >= 11 is 0. The Labute approximate surface area is 100 Å². The van der Waals surface area contributed by atoms with Crippen molar-refractivity contribution in [2.45, 2.75) is 24.7 Å². The largest absolute Gasteiger partial charge is 0.481 e. The average Bonchev–Trinajstić information content (AvgIpc) is 2.81. The quantitative estimate of drug-likeness (QED) is 0.879. The number of nitrogens with one attached hydrogen (secondary N) is 1. The third kappa shape index (κ3) is 1.79. The van der Waals surface area contributed by atoms with Crippen molar-refractivity contribution in [2.24, 2.45) is 0 Å². The van der Waals surface area contributed by atoms with Gasteiger partial charge in [-0.05, 0) is 30.9 Å². The van der Waals surface area contributed by atoms with Gasteiger partial charge in [0.1, 0.15) is 0 Å². The fraction of sp³-hybridized carbons (Fsp3) is 0.385. The van der Waals surface area contributed by atoms with Crippen molar-refractivity contribution in [1.82, 2.24) is 15.2 Å². The van der Waals surface area contributed by atoms with E-state index < -0.39 is 0 Å². The molecule has 0 bridgehead atoms. The molecule has 1 fully saturated rings. The summed E-state index contributed by atoms with van der Waals surface area (Å²) in [6.07, 6.45) is 5.87. The predicted octanol–water partition coefficient (Wildman–Crippen LogP) is 2.47. The van der Waals surface area contributed by atoms with E-state index in [1.165, 1.54) is 11.3 Å². The molecule has 0 unspecified atom stereocenters. The van der Waals surface area contributed by atoms with E-state index in [4.69, 9.17) is 4.74 Å². The van der Waals surface area contributed by atoms with Gasteiger partial charge in [0.15, 0.2) is 0 Å². The minimum absolute atomic E-state index is 0.562. The van der Waals surface area contributed by atoms with Crippen LogP contribution in [0.1, 0.15) is 35.9 Å². The molecule has 3 rings (SSSR count). The van der Waals surface area contributed by atoms with Crippen molar-refractivity contribution >= 4 is 0 Å². The highest BCUT2D eigenvalue weighted by atomic mass is 16.5. The van der Waals surface area contributed by atoms with Gasteiger partial charge in [-0.15, -0.1) is 0 Å². The van der Waals surface area contributed by atoms with E-state index in [0.29, 0.717) is 11.8 Å². The summed E-state index contributed by atoms with van der Waals surface area (Å²) in [6.45, 7) is 0. The van der Waals surface area contributed by atoms with Gasteiger partial charge in [-0.3, -0.25) is 5.10 Å². The van der Waals surface area contributed by atoms with Crippen LogP contribution in [0.2, 0.25) is 0 Å². The number of pyridine rings is 1. The number of ether oxygens (including phenoxy) is 1. The number of hydrogen-bond donors (Lipinski definition) is 1. The molecule has 1 aliphatic carbocycles. The van der Waals surface area contributed by atoms with Gasteiger partial charge in [0.05, 0.1) is 7.11 Å². The number of aromatic nitrogens is 3. The zero-order valence-electron chi connectivity index (χ0n) is 9.76. The zero-order valence-corrected chi connectivity index (χ0v) is 9.76. The molecule has 1 aliphatic rings. The number of hydrogen-bond acceptors (Lipinski definition) is 3. The second-order valence-corrected chi connectivity index (χ2v) is 4.48. The predicted molar refractivity (Wildman–Crippen MR) is 64.1 cm³/mol. The van der Waals surface area contributed by atoms with Gasteiger partial charge in [-0.2, -0.15) is 5.10 Å². The van der Waals surface area contributed by atoms with E-state index in [1.807, 2.05) is 12.3 Å². The summed E-state index contributed by atoms with van der Waals surface area (Å²) in [5.41, 5.74) is 2.47. The first-order chi connectivity index (χ1) is 8.38. The Balaban J connectivity index is 1.73. The molecule has 4 nitrogen and oxygen atoms in total. The topological polar surface area (TPSA) is 50.8 Å². The maximum Gasteiger partial charge on any atom is 0.216 e. The van der Waals surface area contributed by atoms with E-state index in [2.05, 4.69) is 27.3 Å². The molecule has 2 aromatic rings. The van der Waals surface area contributed by atoms with Crippen LogP contribution in [0.5, 0.6) is 5.88 Å². The van der Waals surface area contributed by atoms with Gasteiger partial charge in [0.25, 0.3) is 0 Å². The Kier molecular flexibility index (Phi) is 2.55. The molecule has 0 aromatic carbocycles. The van der Waals surface area contributed by atoms with Crippen LogP contribution in [-0.2, 0) is 0 Å². The Morgan fingerprint density at radius 3 is 2.82 bits per heavy atom. The van der Waals surface area contributed by atoms with Crippen molar-refractivity contribution in [3.63, 3.8) is 0 Å². The van der Waals surface area contributed by atoms with Crippen molar-refractivity contribution in [3.05, 3.63) is 41.9 Å². The number of methoxy groups -OCH3 is 1. The summed E-state index contributed by atoms with van der Waals surface area (Å²) in [7, 11) is 1.68. The summed E-state index contributed by atoms with van der Waals surface area (Å²) in [5, 5.41) is 7.04. The van der Waals surface area contributed by atoms with Crippen LogP contribution in [-0.4, -0.2) is 22.3 Å². The molecule has 0 saturated heterocycles. The molecule has 0 amide bonds. The smallest absolute Gasteiger partial charge is 0.216 e. The minimum atomic E-state index is 0.562. The van der Waals surface area contributed by atoms with Gasteiger partial charge in [-0.1, -0.05) is 6.07 Å². The average molecular weight is 229 g/mol. The number of rotatable bonds is 3. The summed E-state index contributed by atoms with van der Waals surface area (Å²) < 4.78 is 5.30. The monoisotopic (exact) mass is 229 g/mol. The molecule has 4 heteroatoms. The van der Waals surface area contributed by atoms with Crippen molar-refractivity contribution < 1.29 is 4.74 Å². The van der Waals surface area contributed by atoms with Crippen molar-refractivity contribution in [3.8, 4) is 5.88 Å². The van der Waals surface area contributed by atoms with E-state index in [1.54, 1.807) is 13.3 Å². The van der Waals surface area contributed by atoms with Crippen molar-refractivity contribution in [1.29, 1.82) is 0 Å².